The smallest absolute Gasteiger partial charge is 0.348 e. The third-order valence-electron chi connectivity index (χ3n) is 3.76. The molecule has 2 heterocycles. The number of rotatable bonds is 3. The lowest BCUT2D eigenvalue weighted by Gasteiger charge is -2.14. The molecule has 0 unspecified atom stereocenters. The molecule has 0 bridgehead atoms. The molecule has 2 saturated heterocycles. The summed E-state index contributed by atoms with van der Waals surface area (Å²) in [5.74, 6) is -1.31. The van der Waals surface area contributed by atoms with Gasteiger partial charge in [0.1, 0.15) is 6.10 Å². The topological polar surface area (TPSA) is 52.6 Å². The monoisotopic (exact) mass is 292 g/mol. The first-order valence-electron chi connectivity index (χ1n) is 6.41. The second-order valence-electron chi connectivity index (χ2n) is 5.02. The Kier molecular flexibility index (Phi) is 3.26. The Morgan fingerprint density at radius 2 is 1.85 bits per heavy atom. The lowest BCUT2D eigenvalue weighted by atomic mass is 9.90. The Labute approximate surface area is 121 Å². The molecule has 2 fully saturated rings. The average molecular weight is 293 g/mol. The second-order valence-corrected chi connectivity index (χ2v) is 5.45. The van der Waals surface area contributed by atoms with Crippen LogP contribution in [-0.2, 0) is 25.5 Å². The van der Waals surface area contributed by atoms with E-state index in [-0.39, 0.29) is 12.0 Å². The van der Waals surface area contributed by atoms with Crippen molar-refractivity contribution in [3.8, 4) is 0 Å². The third kappa shape index (κ3) is 2.20. The number of fused-ring (bicyclic) bond motifs is 1. The predicted octanol–water partition coefficient (Wildman–Crippen LogP) is 2.30. The van der Waals surface area contributed by atoms with Crippen LogP contribution in [0.3, 0.4) is 0 Å². The molecule has 4 nitrogen and oxygen atoms in total. The Bertz CT molecular complexity index is 578. The molecule has 3 rings (SSSR count). The maximum absolute atomic E-state index is 11.7. The summed E-state index contributed by atoms with van der Waals surface area (Å²) >= 11 is 5.83. The van der Waals surface area contributed by atoms with E-state index in [0.717, 1.165) is 12.0 Å². The SMILES string of the molecule is C=C1C(=O)O[C@@H]2C(=O)O[C@@H](CCc3ccc(Cl)cc3)[C@H]12. The number of hydrogen-bond acceptors (Lipinski definition) is 4. The van der Waals surface area contributed by atoms with Crippen molar-refractivity contribution in [2.24, 2.45) is 5.92 Å². The van der Waals surface area contributed by atoms with Gasteiger partial charge in [0.15, 0.2) is 0 Å². The highest BCUT2D eigenvalue weighted by atomic mass is 35.5. The van der Waals surface area contributed by atoms with E-state index in [9.17, 15) is 9.59 Å². The van der Waals surface area contributed by atoms with Gasteiger partial charge >= 0.3 is 11.9 Å². The number of esters is 2. The van der Waals surface area contributed by atoms with Crippen LogP contribution in [0, 0.1) is 5.92 Å². The van der Waals surface area contributed by atoms with Gasteiger partial charge in [-0.3, -0.25) is 0 Å². The van der Waals surface area contributed by atoms with Gasteiger partial charge in [0, 0.05) is 10.6 Å². The zero-order chi connectivity index (χ0) is 14.3. The molecule has 2 aliphatic heterocycles. The van der Waals surface area contributed by atoms with Gasteiger partial charge in [0.2, 0.25) is 6.10 Å². The fourth-order valence-corrected chi connectivity index (χ4v) is 2.81. The number of benzene rings is 1. The maximum atomic E-state index is 11.7. The number of halogens is 1. The molecular formula is C15H13ClO4. The van der Waals surface area contributed by atoms with Crippen molar-refractivity contribution in [2.75, 3.05) is 0 Å². The fraction of sp³-hybridized carbons (Fsp3) is 0.333. The van der Waals surface area contributed by atoms with Crippen molar-refractivity contribution in [3.05, 3.63) is 47.0 Å². The van der Waals surface area contributed by atoms with Gasteiger partial charge < -0.3 is 9.47 Å². The van der Waals surface area contributed by atoms with Crippen LogP contribution in [0.2, 0.25) is 5.02 Å². The van der Waals surface area contributed by atoms with E-state index < -0.39 is 18.0 Å². The highest BCUT2D eigenvalue weighted by Gasteiger charge is 2.54. The Morgan fingerprint density at radius 3 is 2.55 bits per heavy atom. The molecule has 0 saturated carbocycles. The molecule has 104 valence electrons. The normalized spacial score (nSPS) is 28.2. The van der Waals surface area contributed by atoms with Gasteiger partial charge in [-0.1, -0.05) is 30.3 Å². The number of carbonyl (C=O) groups is 2. The number of carbonyl (C=O) groups excluding carboxylic acids is 2. The van der Waals surface area contributed by atoms with Crippen LogP contribution in [-0.4, -0.2) is 24.1 Å². The van der Waals surface area contributed by atoms with Crippen LogP contribution in [0.5, 0.6) is 0 Å². The molecule has 0 amide bonds. The molecule has 0 N–H and O–H groups in total. The Hall–Kier alpha value is -1.81. The molecule has 0 aromatic heterocycles. The van der Waals surface area contributed by atoms with Crippen LogP contribution in [0.1, 0.15) is 12.0 Å². The molecular weight excluding hydrogens is 280 g/mol. The summed E-state index contributed by atoms with van der Waals surface area (Å²) in [6, 6.07) is 7.51. The van der Waals surface area contributed by atoms with Crippen LogP contribution in [0.25, 0.3) is 0 Å². The summed E-state index contributed by atoms with van der Waals surface area (Å²) in [4.78, 5) is 23.1. The van der Waals surface area contributed by atoms with E-state index in [1.807, 2.05) is 24.3 Å². The standard InChI is InChI=1S/C15H13ClO4/c1-8-12-11(19-15(18)13(12)20-14(8)17)7-4-9-2-5-10(16)6-3-9/h2-3,5-6,11-13H,1,4,7H2/t11-,12-,13-/m0/s1. The summed E-state index contributed by atoms with van der Waals surface area (Å²) in [7, 11) is 0. The predicted molar refractivity (Wildman–Crippen MR) is 72.2 cm³/mol. The van der Waals surface area contributed by atoms with Gasteiger partial charge in [-0.05, 0) is 30.5 Å². The minimum atomic E-state index is -0.801. The molecule has 1 aromatic rings. The third-order valence-corrected chi connectivity index (χ3v) is 4.01. The summed E-state index contributed by atoms with van der Waals surface area (Å²) < 4.78 is 10.3. The van der Waals surface area contributed by atoms with Gasteiger partial charge in [0.25, 0.3) is 0 Å². The minimum absolute atomic E-state index is 0.335. The lowest BCUT2D eigenvalue weighted by Crippen LogP contribution is -2.22. The van der Waals surface area contributed by atoms with E-state index in [4.69, 9.17) is 21.1 Å². The molecule has 3 atom stereocenters. The summed E-state index contributed by atoms with van der Waals surface area (Å²) in [5.41, 5.74) is 1.44. The number of ether oxygens (including phenoxy) is 2. The molecule has 0 aliphatic carbocycles. The van der Waals surface area contributed by atoms with E-state index in [1.54, 1.807) is 0 Å². The van der Waals surface area contributed by atoms with Crippen LogP contribution in [0.15, 0.2) is 36.4 Å². The van der Waals surface area contributed by atoms with Crippen LogP contribution >= 0.6 is 11.6 Å². The molecule has 1 aromatic carbocycles. The van der Waals surface area contributed by atoms with Crippen LogP contribution in [0.4, 0.5) is 0 Å². The highest BCUT2D eigenvalue weighted by molar-refractivity contribution is 6.30. The Morgan fingerprint density at radius 1 is 1.15 bits per heavy atom. The van der Waals surface area contributed by atoms with Crippen molar-refractivity contribution >= 4 is 23.5 Å². The second kappa shape index (κ2) is 4.94. The zero-order valence-electron chi connectivity index (χ0n) is 10.7. The first kappa shape index (κ1) is 13.2. The first-order valence-corrected chi connectivity index (χ1v) is 6.79. The highest BCUT2D eigenvalue weighted by Crippen LogP contribution is 2.38. The molecule has 5 heteroatoms. The molecule has 0 radical (unpaired) electrons. The lowest BCUT2D eigenvalue weighted by molar-refractivity contribution is -0.156. The quantitative estimate of drug-likeness (QED) is 0.633. The van der Waals surface area contributed by atoms with E-state index >= 15 is 0 Å². The Balaban J connectivity index is 1.69. The number of cyclic esters (lactones) is 1. The van der Waals surface area contributed by atoms with Crippen molar-refractivity contribution in [2.45, 2.75) is 25.0 Å². The molecule has 20 heavy (non-hydrogen) atoms. The number of aryl methyl sites for hydroxylation is 1. The average Bonchev–Trinajstić information content (AvgIpc) is 2.89. The van der Waals surface area contributed by atoms with Crippen molar-refractivity contribution in [3.63, 3.8) is 0 Å². The van der Waals surface area contributed by atoms with Gasteiger partial charge in [-0.2, -0.15) is 0 Å². The van der Waals surface area contributed by atoms with Crippen molar-refractivity contribution in [1.82, 2.24) is 0 Å². The van der Waals surface area contributed by atoms with E-state index in [1.165, 1.54) is 0 Å². The maximum Gasteiger partial charge on any atom is 0.348 e. The van der Waals surface area contributed by atoms with Gasteiger partial charge in [-0.25, -0.2) is 9.59 Å². The fourth-order valence-electron chi connectivity index (χ4n) is 2.69. The summed E-state index contributed by atoms with van der Waals surface area (Å²) in [5, 5.41) is 0.685. The zero-order valence-corrected chi connectivity index (χ0v) is 11.4. The first-order chi connectivity index (χ1) is 9.56. The van der Waals surface area contributed by atoms with Crippen molar-refractivity contribution < 1.29 is 19.1 Å². The summed E-state index contributed by atoms with van der Waals surface area (Å²) in [6.07, 6.45) is 0.219. The van der Waals surface area contributed by atoms with Gasteiger partial charge in [-0.15, -0.1) is 0 Å². The van der Waals surface area contributed by atoms with Gasteiger partial charge in [0.05, 0.1) is 5.92 Å². The number of hydrogen-bond donors (Lipinski definition) is 0. The molecule has 0 spiro atoms. The van der Waals surface area contributed by atoms with E-state index in [0.29, 0.717) is 17.0 Å². The van der Waals surface area contributed by atoms with Crippen LogP contribution < -0.4 is 0 Å². The minimum Gasteiger partial charge on any atom is -0.459 e. The molecule has 2 aliphatic rings. The van der Waals surface area contributed by atoms with E-state index in [2.05, 4.69) is 6.58 Å². The summed E-state index contributed by atoms with van der Waals surface area (Å²) in [6.45, 7) is 3.70. The van der Waals surface area contributed by atoms with Crippen molar-refractivity contribution in [1.29, 1.82) is 0 Å². The largest absolute Gasteiger partial charge is 0.459 e.